The molecule has 1 atom stereocenters. The van der Waals surface area contributed by atoms with Gasteiger partial charge in [0.05, 0.1) is 5.02 Å². The van der Waals surface area contributed by atoms with Crippen LogP contribution in [-0.4, -0.2) is 41.0 Å². The monoisotopic (exact) mass is 283 g/mol. The smallest absolute Gasteiger partial charge is 0.270 e. The van der Waals surface area contributed by atoms with Crippen molar-refractivity contribution in [3.05, 3.63) is 23.0 Å². The predicted octanol–water partition coefficient (Wildman–Crippen LogP) is 2.66. The van der Waals surface area contributed by atoms with E-state index in [1.165, 1.54) is 12.8 Å². The van der Waals surface area contributed by atoms with E-state index in [2.05, 4.69) is 10.3 Å². The summed E-state index contributed by atoms with van der Waals surface area (Å²) in [5.74, 6) is 0.0225. The van der Waals surface area contributed by atoms with Crippen molar-refractivity contribution >= 4 is 17.5 Å². The summed E-state index contributed by atoms with van der Waals surface area (Å²) in [6, 6.07) is 2.27. The summed E-state index contributed by atoms with van der Waals surface area (Å²) < 4.78 is 0. The van der Waals surface area contributed by atoms with E-state index in [1.54, 1.807) is 12.3 Å². The highest BCUT2D eigenvalue weighted by molar-refractivity contribution is 6.30. The molecule has 1 fully saturated rings. The summed E-state index contributed by atoms with van der Waals surface area (Å²) in [6.07, 6.45) is 5.26. The molecule has 0 saturated carbocycles. The van der Waals surface area contributed by atoms with Crippen LogP contribution >= 0.6 is 11.6 Å². The molecule has 4 nitrogen and oxygen atoms in total. The summed E-state index contributed by atoms with van der Waals surface area (Å²) in [5, 5.41) is 4.06. The highest BCUT2D eigenvalue weighted by atomic mass is 35.5. The van der Waals surface area contributed by atoms with Crippen molar-refractivity contribution in [1.82, 2.24) is 15.2 Å². The standard InChI is InChI=1S/C14H22ClN3O/c1-10(2)18(9-12-5-3-4-6-16-12)14(19)13-7-11(15)8-17-13/h7-8,10,12,16-17H,3-6,9H2,1-2H3. The Labute approximate surface area is 119 Å². The van der Waals surface area contributed by atoms with Crippen LogP contribution in [0.1, 0.15) is 43.6 Å². The summed E-state index contributed by atoms with van der Waals surface area (Å²) in [4.78, 5) is 17.3. The zero-order valence-electron chi connectivity index (χ0n) is 11.6. The number of rotatable bonds is 4. The second-order valence-corrected chi connectivity index (χ2v) is 5.87. The number of H-pyrrole nitrogens is 1. The highest BCUT2D eigenvalue weighted by Crippen LogP contribution is 2.15. The van der Waals surface area contributed by atoms with Crippen LogP contribution in [0.5, 0.6) is 0 Å². The zero-order valence-corrected chi connectivity index (χ0v) is 12.3. The maximum absolute atomic E-state index is 12.5. The third-order valence-corrected chi connectivity index (χ3v) is 3.81. The van der Waals surface area contributed by atoms with Crippen molar-refractivity contribution in [2.24, 2.45) is 0 Å². The third-order valence-electron chi connectivity index (χ3n) is 3.59. The minimum Gasteiger partial charge on any atom is -0.356 e. The summed E-state index contributed by atoms with van der Waals surface area (Å²) in [5.41, 5.74) is 0.564. The fraction of sp³-hybridized carbons (Fsp3) is 0.643. The van der Waals surface area contributed by atoms with Crippen LogP contribution in [0, 0.1) is 0 Å². The van der Waals surface area contributed by atoms with Crippen molar-refractivity contribution in [3.63, 3.8) is 0 Å². The van der Waals surface area contributed by atoms with E-state index in [1.807, 2.05) is 18.7 Å². The molecule has 0 aromatic carbocycles. The Morgan fingerprint density at radius 3 is 2.84 bits per heavy atom. The van der Waals surface area contributed by atoms with Gasteiger partial charge in [-0.1, -0.05) is 18.0 Å². The van der Waals surface area contributed by atoms with Crippen molar-refractivity contribution < 1.29 is 4.79 Å². The van der Waals surface area contributed by atoms with Crippen molar-refractivity contribution in [2.45, 2.75) is 45.2 Å². The summed E-state index contributed by atoms with van der Waals surface area (Å²) >= 11 is 5.87. The molecule has 1 saturated heterocycles. The van der Waals surface area contributed by atoms with Gasteiger partial charge in [0, 0.05) is 24.8 Å². The number of carbonyl (C=O) groups is 1. The average Bonchev–Trinajstić information content (AvgIpc) is 2.83. The molecule has 1 aliphatic heterocycles. The number of aromatic nitrogens is 1. The van der Waals surface area contributed by atoms with E-state index in [9.17, 15) is 4.79 Å². The van der Waals surface area contributed by atoms with Crippen LogP contribution in [0.15, 0.2) is 12.3 Å². The van der Waals surface area contributed by atoms with Gasteiger partial charge in [-0.25, -0.2) is 0 Å². The Hall–Kier alpha value is -1.00. The maximum atomic E-state index is 12.5. The number of hydrogen-bond donors (Lipinski definition) is 2. The lowest BCUT2D eigenvalue weighted by Gasteiger charge is -2.33. The molecule has 1 aliphatic rings. The first kappa shape index (κ1) is 14.4. The lowest BCUT2D eigenvalue weighted by Crippen LogP contribution is -2.48. The van der Waals surface area contributed by atoms with E-state index in [-0.39, 0.29) is 11.9 Å². The molecule has 5 heteroatoms. The molecule has 2 rings (SSSR count). The lowest BCUT2D eigenvalue weighted by molar-refractivity contribution is 0.0671. The van der Waals surface area contributed by atoms with Gasteiger partial charge in [0.15, 0.2) is 0 Å². The van der Waals surface area contributed by atoms with Gasteiger partial charge in [-0.3, -0.25) is 4.79 Å². The number of nitrogens with one attached hydrogen (secondary N) is 2. The largest absolute Gasteiger partial charge is 0.356 e. The molecular weight excluding hydrogens is 262 g/mol. The fourth-order valence-electron chi connectivity index (χ4n) is 2.49. The molecular formula is C14H22ClN3O. The highest BCUT2D eigenvalue weighted by Gasteiger charge is 2.24. The van der Waals surface area contributed by atoms with E-state index >= 15 is 0 Å². The zero-order chi connectivity index (χ0) is 13.8. The molecule has 19 heavy (non-hydrogen) atoms. The number of nitrogens with zero attached hydrogens (tertiary/aromatic N) is 1. The Balaban J connectivity index is 2.04. The molecule has 1 aromatic rings. The molecule has 1 unspecified atom stereocenters. The summed E-state index contributed by atoms with van der Waals surface area (Å²) in [7, 11) is 0. The van der Waals surface area contributed by atoms with Crippen LogP contribution in [0.3, 0.4) is 0 Å². The van der Waals surface area contributed by atoms with Gasteiger partial charge in [0.2, 0.25) is 0 Å². The summed E-state index contributed by atoms with van der Waals surface area (Å²) in [6.45, 7) is 5.91. The average molecular weight is 284 g/mol. The van der Waals surface area contributed by atoms with Gasteiger partial charge in [-0.2, -0.15) is 0 Å². The van der Waals surface area contributed by atoms with E-state index in [0.717, 1.165) is 19.5 Å². The number of hydrogen-bond acceptors (Lipinski definition) is 2. The second-order valence-electron chi connectivity index (χ2n) is 5.43. The number of halogens is 1. The molecule has 106 valence electrons. The molecule has 1 aromatic heterocycles. The van der Waals surface area contributed by atoms with Gasteiger partial charge in [-0.15, -0.1) is 0 Å². The molecule has 2 heterocycles. The van der Waals surface area contributed by atoms with Crippen LogP contribution in [0.2, 0.25) is 5.02 Å². The van der Waals surface area contributed by atoms with Crippen molar-refractivity contribution in [2.75, 3.05) is 13.1 Å². The van der Waals surface area contributed by atoms with Crippen LogP contribution < -0.4 is 5.32 Å². The Bertz CT molecular complexity index is 424. The number of amides is 1. The first-order valence-corrected chi connectivity index (χ1v) is 7.34. The minimum atomic E-state index is 0.0225. The fourth-order valence-corrected chi connectivity index (χ4v) is 2.66. The molecule has 0 radical (unpaired) electrons. The number of piperidine rings is 1. The molecule has 0 spiro atoms. The van der Waals surface area contributed by atoms with Crippen molar-refractivity contribution in [1.29, 1.82) is 0 Å². The number of carbonyl (C=O) groups excluding carboxylic acids is 1. The predicted molar refractivity (Wildman–Crippen MR) is 77.6 cm³/mol. The van der Waals surface area contributed by atoms with Gasteiger partial charge in [-0.05, 0) is 39.3 Å². The SMILES string of the molecule is CC(C)N(CC1CCCCN1)C(=O)c1cc(Cl)c[nH]1. The molecule has 0 bridgehead atoms. The van der Waals surface area contributed by atoms with E-state index < -0.39 is 0 Å². The van der Waals surface area contributed by atoms with Crippen LogP contribution in [0.25, 0.3) is 0 Å². The number of aromatic amines is 1. The Kier molecular flexibility index (Phi) is 4.88. The third kappa shape index (κ3) is 3.74. The first-order chi connectivity index (χ1) is 9.08. The molecule has 2 N–H and O–H groups in total. The van der Waals surface area contributed by atoms with Gasteiger partial charge < -0.3 is 15.2 Å². The van der Waals surface area contributed by atoms with Crippen molar-refractivity contribution in [3.8, 4) is 0 Å². The van der Waals surface area contributed by atoms with E-state index in [0.29, 0.717) is 16.8 Å². The maximum Gasteiger partial charge on any atom is 0.270 e. The second kappa shape index (κ2) is 6.44. The van der Waals surface area contributed by atoms with E-state index in [4.69, 9.17) is 11.6 Å². The van der Waals surface area contributed by atoms with Gasteiger partial charge in [0.25, 0.3) is 5.91 Å². The molecule has 0 aliphatic carbocycles. The normalized spacial score (nSPS) is 19.7. The molecule has 1 amide bonds. The van der Waals surface area contributed by atoms with Gasteiger partial charge in [0.1, 0.15) is 5.69 Å². The van der Waals surface area contributed by atoms with Crippen LogP contribution in [0.4, 0.5) is 0 Å². The topological polar surface area (TPSA) is 48.1 Å². The Morgan fingerprint density at radius 2 is 2.32 bits per heavy atom. The minimum absolute atomic E-state index is 0.0225. The Morgan fingerprint density at radius 1 is 1.53 bits per heavy atom. The first-order valence-electron chi connectivity index (χ1n) is 6.96. The lowest BCUT2D eigenvalue weighted by atomic mass is 10.0. The quantitative estimate of drug-likeness (QED) is 0.892. The van der Waals surface area contributed by atoms with Gasteiger partial charge >= 0.3 is 0 Å². The van der Waals surface area contributed by atoms with Crippen LogP contribution in [-0.2, 0) is 0 Å².